The lowest BCUT2D eigenvalue weighted by Gasteiger charge is -2.28. The molecule has 148 valence electrons. The molecule has 0 radical (unpaired) electrons. The van der Waals surface area contributed by atoms with E-state index in [2.05, 4.69) is 13.0 Å². The molecule has 4 atom stereocenters. The number of carboxylic acid groups (broad SMARTS) is 1. The number of aliphatic carboxylic acids is 1. The Morgan fingerprint density at radius 1 is 1.22 bits per heavy atom. The molecule has 0 spiro atoms. The van der Waals surface area contributed by atoms with Crippen molar-refractivity contribution in [1.29, 1.82) is 0 Å². The number of hydrogen-bond acceptors (Lipinski definition) is 4. The van der Waals surface area contributed by atoms with Crippen molar-refractivity contribution in [3.8, 4) is 5.75 Å². The van der Waals surface area contributed by atoms with Gasteiger partial charge < -0.3 is 19.3 Å². The van der Waals surface area contributed by atoms with Gasteiger partial charge in [0, 0.05) is 0 Å². The maximum atomic E-state index is 10.6. The van der Waals surface area contributed by atoms with Gasteiger partial charge in [0.2, 0.25) is 0 Å². The van der Waals surface area contributed by atoms with Crippen LogP contribution in [0.1, 0.15) is 44.6 Å². The van der Waals surface area contributed by atoms with Crippen molar-refractivity contribution in [2.24, 2.45) is 11.8 Å². The first-order valence-electron chi connectivity index (χ1n) is 10.0. The van der Waals surface area contributed by atoms with Gasteiger partial charge in [0.1, 0.15) is 5.75 Å². The quantitative estimate of drug-likeness (QED) is 0.464. The number of carboxylic acids is 1. The number of allylic oxidation sites excluding steroid dienone is 1. The highest BCUT2D eigenvalue weighted by atomic mass is 16.5. The van der Waals surface area contributed by atoms with Crippen LogP contribution in [0.25, 0.3) is 0 Å². The summed E-state index contributed by atoms with van der Waals surface area (Å²) >= 11 is 0. The highest BCUT2D eigenvalue weighted by Gasteiger charge is 2.48. The number of carbonyl (C=O) groups is 1. The lowest BCUT2D eigenvalue weighted by Crippen LogP contribution is -2.29. The van der Waals surface area contributed by atoms with E-state index in [0.29, 0.717) is 29.8 Å². The highest BCUT2D eigenvalue weighted by Crippen LogP contribution is 2.46. The number of benzene rings is 1. The van der Waals surface area contributed by atoms with E-state index in [0.717, 1.165) is 38.7 Å². The summed E-state index contributed by atoms with van der Waals surface area (Å²) in [5, 5.41) is 8.69. The van der Waals surface area contributed by atoms with Gasteiger partial charge in [-0.1, -0.05) is 25.5 Å². The van der Waals surface area contributed by atoms with Crippen molar-refractivity contribution in [2.75, 3.05) is 13.2 Å². The smallest absolute Gasteiger partial charge is 0.341 e. The molecule has 27 heavy (non-hydrogen) atoms. The fraction of sp³-hybridized carbons (Fsp3) is 0.591. The van der Waals surface area contributed by atoms with Crippen LogP contribution < -0.4 is 4.74 Å². The van der Waals surface area contributed by atoms with Gasteiger partial charge in [-0.15, -0.1) is 0 Å². The Morgan fingerprint density at radius 2 is 1.96 bits per heavy atom. The molecule has 2 saturated heterocycles. The summed E-state index contributed by atoms with van der Waals surface area (Å²) in [6.07, 6.45) is 11.2. The summed E-state index contributed by atoms with van der Waals surface area (Å²) in [6.45, 7) is 2.59. The topological polar surface area (TPSA) is 65.0 Å². The van der Waals surface area contributed by atoms with Crippen LogP contribution in [0.5, 0.6) is 5.75 Å². The Labute approximate surface area is 161 Å². The number of ether oxygens (including phenoxy) is 3. The minimum absolute atomic E-state index is 0.311. The van der Waals surface area contributed by atoms with E-state index >= 15 is 0 Å². The highest BCUT2D eigenvalue weighted by molar-refractivity contribution is 5.68. The van der Waals surface area contributed by atoms with E-state index in [1.807, 2.05) is 30.5 Å². The van der Waals surface area contributed by atoms with Crippen molar-refractivity contribution < 1.29 is 24.1 Å². The van der Waals surface area contributed by atoms with Crippen molar-refractivity contribution in [2.45, 2.75) is 57.7 Å². The van der Waals surface area contributed by atoms with E-state index < -0.39 is 5.97 Å². The zero-order valence-electron chi connectivity index (χ0n) is 16.0. The molecule has 0 aliphatic carbocycles. The number of fused-ring (bicyclic) bond motifs is 2. The Hall–Kier alpha value is -2.01. The molecule has 2 bridgehead atoms. The molecule has 1 aromatic rings. The number of rotatable bonds is 11. The predicted octanol–water partition coefficient (Wildman–Crippen LogP) is 4.21. The molecule has 0 unspecified atom stereocenters. The molecule has 0 aromatic heterocycles. The molecule has 2 heterocycles. The second-order valence-corrected chi connectivity index (χ2v) is 7.47. The molecule has 3 rings (SSSR count). The van der Waals surface area contributed by atoms with Gasteiger partial charge in [0.05, 0.1) is 25.1 Å². The van der Waals surface area contributed by atoms with Crippen LogP contribution in [-0.4, -0.2) is 36.5 Å². The second kappa shape index (κ2) is 9.79. The molecule has 2 fully saturated rings. The Morgan fingerprint density at radius 3 is 2.67 bits per heavy atom. The van der Waals surface area contributed by atoms with Gasteiger partial charge in [0.25, 0.3) is 0 Å². The van der Waals surface area contributed by atoms with Crippen LogP contribution in [0.15, 0.2) is 36.6 Å². The maximum Gasteiger partial charge on any atom is 0.341 e. The molecule has 0 saturated carbocycles. The number of hydrogen-bond donors (Lipinski definition) is 1. The average molecular weight is 374 g/mol. The van der Waals surface area contributed by atoms with Gasteiger partial charge in [-0.05, 0) is 67.7 Å². The van der Waals surface area contributed by atoms with E-state index in [9.17, 15) is 4.79 Å². The first kappa shape index (κ1) is 19.7. The Bertz CT molecular complexity index is 624. The molecule has 5 heteroatoms. The van der Waals surface area contributed by atoms with Gasteiger partial charge in [0.15, 0.2) is 6.61 Å². The van der Waals surface area contributed by atoms with E-state index in [-0.39, 0.29) is 6.61 Å². The van der Waals surface area contributed by atoms with Crippen molar-refractivity contribution in [3.05, 3.63) is 42.2 Å². The van der Waals surface area contributed by atoms with Crippen LogP contribution >= 0.6 is 0 Å². The summed E-state index contributed by atoms with van der Waals surface area (Å²) in [5.74, 6) is 0.700. The number of unbranched alkanes of at least 4 members (excludes halogenated alkanes) is 1. The average Bonchev–Trinajstić information content (AvgIpc) is 3.26. The molecule has 2 aliphatic heterocycles. The minimum atomic E-state index is -0.965. The van der Waals surface area contributed by atoms with E-state index in [4.69, 9.17) is 19.3 Å². The zero-order chi connectivity index (χ0) is 19.1. The van der Waals surface area contributed by atoms with Gasteiger partial charge in [-0.3, -0.25) is 0 Å². The summed E-state index contributed by atoms with van der Waals surface area (Å²) in [5.41, 5.74) is 1.24. The summed E-state index contributed by atoms with van der Waals surface area (Å²) < 4.78 is 17.1. The van der Waals surface area contributed by atoms with E-state index in [1.54, 1.807) is 0 Å². The summed E-state index contributed by atoms with van der Waals surface area (Å²) in [6, 6.07) is 7.76. The second-order valence-electron chi connectivity index (χ2n) is 7.47. The Balaban J connectivity index is 1.52. The molecule has 0 amide bonds. The molecular formula is C22H30O5. The fourth-order valence-corrected chi connectivity index (χ4v) is 4.27. The monoisotopic (exact) mass is 374 g/mol. The lowest BCUT2D eigenvalue weighted by atomic mass is 9.75. The third kappa shape index (κ3) is 5.48. The first-order chi connectivity index (χ1) is 13.2. The van der Waals surface area contributed by atoms with Crippen molar-refractivity contribution in [1.82, 2.24) is 0 Å². The first-order valence-corrected chi connectivity index (χ1v) is 10.0. The maximum absolute atomic E-state index is 10.6. The van der Waals surface area contributed by atoms with Crippen LogP contribution in [0.2, 0.25) is 0 Å². The molecule has 1 aromatic carbocycles. The summed E-state index contributed by atoms with van der Waals surface area (Å²) in [4.78, 5) is 10.6. The normalized spacial score (nSPS) is 26.6. The standard InChI is InChI=1S/C22H30O5/c1-2-3-4-12-25-13-11-18-19(21-10-9-20(18)27-21)14-16-5-7-17(8-6-16)26-15-22(23)24/h4-8,12,18-21H,2-3,9-11,13-15H2,1H3,(H,23,24)/t18-,19+,20-,21+/m0/s1. The van der Waals surface area contributed by atoms with Crippen LogP contribution in [-0.2, 0) is 20.7 Å². The summed E-state index contributed by atoms with van der Waals surface area (Å²) in [7, 11) is 0. The van der Waals surface area contributed by atoms with Crippen molar-refractivity contribution >= 4 is 5.97 Å². The molecular weight excluding hydrogens is 344 g/mol. The minimum Gasteiger partial charge on any atom is -0.502 e. The van der Waals surface area contributed by atoms with Gasteiger partial charge >= 0.3 is 5.97 Å². The molecule has 2 aliphatic rings. The SMILES string of the molecule is CCCC=COCC[C@H]1[C@@H](Cc2ccc(OCC(=O)O)cc2)[C@H]2CC[C@@H]1O2. The van der Waals surface area contributed by atoms with Crippen molar-refractivity contribution in [3.63, 3.8) is 0 Å². The third-order valence-corrected chi connectivity index (χ3v) is 5.56. The van der Waals surface area contributed by atoms with Gasteiger partial charge in [-0.25, -0.2) is 4.79 Å². The van der Waals surface area contributed by atoms with Crippen LogP contribution in [0.3, 0.4) is 0 Å². The lowest BCUT2D eigenvalue weighted by molar-refractivity contribution is -0.139. The third-order valence-electron chi connectivity index (χ3n) is 5.56. The zero-order valence-corrected chi connectivity index (χ0v) is 16.0. The van der Waals surface area contributed by atoms with Crippen LogP contribution in [0.4, 0.5) is 0 Å². The fourth-order valence-electron chi connectivity index (χ4n) is 4.27. The predicted molar refractivity (Wildman–Crippen MR) is 103 cm³/mol. The van der Waals surface area contributed by atoms with Gasteiger partial charge in [-0.2, -0.15) is 0 Å². The van der Waals surface area contributed by atoms with Crippen LogP contribution in [0, 0.1) is 11.8 Å². The Kier molecular flexibility index (Phi) is 7.16. The van der Waals surface area contributed by atoms with E-state index in [1.165, 1.54) is 12.0 Å². The largest absolute Gasteiger partial charge is 0.502 e. The molecule has 5 nitrogen and oxygen atoms in total. The molecule has 1 N–H and O–H groups in total.